The lowest BCUT2D eigenvalue weighted by Crippen LogP contribution is -2.29. The zero-order chi connectivity index (χ0) is 28.5. The maximum absolute atomic E-state index is 13.5. The van der Waals surface area contributed by atoms with E-state index >= 15 is 0 Å². The van der Waals surface area contributed by atoms with Gasteiger partial charge in [0.2, 0.25) is 0 Å². The van der Waals surface area contributed by atoms with Crippen LogP contribution >= 0.6 is 0 Å². The highest BCUT2D eigenvalue weighted by atomic mass is 16.5. The normalized spacial score (nSPS) is 16.6. The maximum Gasteiger partial charge on any atom is 0.308 e. The van der Waals surface area contributed by atoms with Gasteiger partial charge < -0.3 is 14.6 Å². The Labute approximate surface area is 226 Å². The van der Waals surface area contributed by atoms with Crippen LogP contribution in [0.4, 0.5) is 5.69 Å². The van der Waals surface area contributed by atoms with E-state index in [-0.39, 0.29) is 22.5 Å². The Bertz CT molecular complexity index is 1540. The number of Topliss-reactive ketones (excluding diaryl/α,β-unsaturated/α-hetero) is 1. The molecule has 1 aliphatic heterocycles. The number of rotatable bonds is 5. The van der Waals surface area contributed by atoms with Gasteiger partial charge in [0.1, 0.15) is 17.3 Å². The molecule has 1 unspecified atom stereocenters. The number of hydrogen-bond acceptors (Lipinski definition) is 7. The first-order valence-electron chi connectivity index (χ1n) is 12.2. The van der Waals surface area contributed by atoms with Crippen molar-refractivity contribution in [1.29, 1.82) is 5.26 Å². The topological polar surface area (TPSA) is 117 Å². The number of carbonyl (C=O) groups is 3. The Morgan fingerprint density at radius 3 is 2.31 bits per heavy atom. The van der Waals surface area contributed by atoms with Crippen LogP contribution in [-0.4, -0.2) is 29.9 Å². The summed E-state index contributed by atoms with van der Waals surface area (Å²) < 4.78 is 10.8. The SMILES string of the molecule is COc1ccc(/C(O)=C2\C(=O)C(=O)N(c3ccc(C#N)cc3)C2c2cccc(OC(C)=O)c2)cc1C(C)(C)C. The second-order valence-corrected chi connectivity index (χ2v) is 10.2. The van der Waals surface area contributed by atoms with Crippen molar-refractivity contribution in [3.05, 3.63) is 94.6 Å². The summed E-state index contributed by atoms with van der Waals surface area (Å²) >= 11 is 0. The van der Waals surface area contributed by atoms with Crippen LogP contribution in [0.15, 0.2) is 72.3 Å². The number of anilines is 1. The predicted molar refractivity (Wildman–Crippen MR) is 145 cm³/mol. The van der Waals surface area contributed by atoms with Gasteiger partial charge in [-0.25, -0.2) is 0 Å². The van der Waals surface area contributed by atoms with Crippen LogP contribution in [0.25, 0.3) is 5.76 Å². The molecule has 1 amide bonds. The summed E-state index contributed by atoms with van der Waals surface area (Å²) in [7, 11) is 1.56. The number of amides is 1. The molecule has 39 heavy (non-hydrogen) atoms. The summed E-state index contributed by atoms with van der Waals surface area (Å²) in [6.45, 7) is 7.27. The third-order valence-electron chi connectivity index (χ3n) is 6.44. The first kappa shape index (κ1) is 27.1. The fraction of sp³-hybridized carbons (Fsp3) is 0.226. The van der Waals surface area contributed by atoms with E-state index in [2.05, 4.69) is 0 Å². The average molecular weight is 525 g/mol. The lowest BCUT2D eigenvalue weighted by molar-refractivity contribution is -0.132. The molecule has 1 heterocycles. The first-order chi connectivity index (χ1) is 18.5. The number of ketones is 1. The van der Waals surface area contributed by atoms with Crippen molar-refractivity contribution in [2.45, 2.75) is 39.2 Å². The van der Waals surface area contributed by atoms with Gasteiger partial charge in [0.05, 0.1) is 30.4 Å². The third-order valence-corrected chi connectivity index (χ3v) is 6.44. The maximum atomic E-state index is 13.5. The summed E-state index contributed by atoms with van der Waals surface area (Å²) in [6.07, 6.45) is 0. The predicted octanol–water partition coefficient (Wildman–Crippen LogP) is 5.42. The summed E-state index contributed by atoms with van der Waals surface area (Å²) in [5.41, 5.74) is 1.90. The van der Waals surface area contributed by atoms with Crippen molar-refractivity contribution in [3.8, 4) is 17.6 Å². The number of nitriles is 1. The summed E-state index contributed by atoms with van der Waals surface area (Å²) in [6, 6.07) is 18.8. The van der Waals surface area contributed by atoms with E-state index in [1.165, 1.54) is 11.8 Å². The van der Waals surface area contributed by atoms with Crippen molar-refractivity contribution in [2.75, 3.05) is 12.0 Å². The van der Waals surface area contributed by atoms with Crippen LogP contribution in [0.1, 0.15) is 56.0 Å². The molecule has 3 aromatic rings. The highest BCUT2D eigenvalue weighted by Crippen LogP contribution is 2.43. The Morgan fingerprint density at radius 1 is 1.03 bits per heavy atom. The smallest absolute Gasteiger partial charge is 0.308 e. The second kappa shape index (κ2) is 10.5. The number of esters is 1. The number of aliphatic hydroxyl groups is 1. The molecule has 1 aliphatic rings. The minimum absolute atomic E-state index is 0.116. The van der Waals surface area contributed by atoms with E-state index in [4.69, 9.17) is 9.47 Å². The summed E-state index contributed by atoms with van der Waals surface area (Å²) in [5, 5.41) is 20.8. The molecular weight excluding hydrogens is 496 g/mol. The van der Waals surface area contributed by atoms with Crippen molar-refractivity contribution >= 4 is 29.1 Å². The van der Waals surface area contributed by atoms with Crippen LogP contribution in [0.5, 0.6) is 11.5 Å². The summed E-state index contributed by atoms with van der Waals surface area (Å²) in [5.74, 6) is -1.73. The Morgan fingerprint density at radius 2 is 1.72 bits per heavy atom. The van der Waals surface area contributed by atoms with E-state index in [9.17, 15) is 24.8 Å². The first-order valence-corrected chi connectivity index (χ1v) is 12.2. The van der Waals surface area contributed by atoms with Crippen molar-refractivity contribution in [2.24, 2.45) is 0 Å². The van der Waals surface area contributed by atoms with Crippen LogP contribution in [0.3, 0.4) is 0 Å². The Kier molecular flexibility index (Phi) is 7.28. The Balaban J connectivity index is 1.96. The number of benzene rings is 3. The van der Waals surface area contributed by atoms with Gasteiger partial charge in [0, 0.05) is 23.7 Å². The van der Waals surface area contributed by atoms with Crippen LogP contribution in [0.2, 0.25) is 0 Å². The van der Waals surface area contributed by atoms with Crippen molar-refractivity contribution in [1.82, 2.24) is 0 Å². The van der Waals surface area contributed by atoms with Gasteiger partial charge in [-0.2, -0.15) is 5.26 Å². The summed E-state index contributed by atoms with van der Waals surface area (Å²) in [4.78, 5) is 39.8. The number of carbonyl (C=O) groups excluding carboxylic acids is 3. The minimum atomic E-state index is -1.03. The molecule has 0 aromatic heterocycles. The third kappa shape index (κ3) is 5.25. The van der Waals surface area contributed by atoms with E-state index in [1.807, 2.05) is 26.8 Å². The standard InChI is InChI=1S/C31H28N2O6/c1-18(34)39-23-8-6-7-20(15-23)27-26(28(35)21-11-14-25(38-5)24(16-21)31(2,3)4)29(36)30(37)33(27)22-12-9-19(17-32)10-13-22/h6-16,27,35H,1-5H3/b28-26+. The molecule has 0 aliphatic carbocycles. The van der Waals surface area contributed by atoms with Gasteiger partial charge >= 0.3 is 5.97 Å². The van der Waals surface area contributed by atoms with Crippen LogP contribution in [-0.2, 0) is 19.8 Å². The molecule has 4 rings (SSSR count). The molecule has 0 spiro atoms. The van der Waals surface area contributed by atoms with Crippen molar-refractivity contribution in [3.63, 3.8) is 0 Å². The molecule has 8 nitrogen and oxygen atoms in total. The fourth-order valence-corrected chi connectivity index (χ4v) is 4.62. The van der Waals surface area contributed by atoms with Crippen LogP contribution in [0, 0.1) is 11.3 Å². The van der Waals surface area contributed by atoms with Crippen LogP contribution < -0.4 is 14.4 Å². The molecule has 8 heteroatoms. The largest absolute Gasteiger partial charge is 0.507 e. The van der Waals surface area contributed by atoms with E-state index in [0.717, 1.165) is 5.56 Å². The van der Waals surface area contributed by atoms with Crippen molar-refractivity contribution < 1.29 is 29.0 Å². The average Bonchev–Trinajstić information content (AvgIpc) is 3.17. The van der Waals surface area contributed by atoms with E-state index in [1.54, 1.807) is 73.8 Å². The molecule has 1 atom stereocenters. The molecule has 0 saturated carbocycles. The zero-order valence-corrected chi connectivity index (χ0v) is 22.3. The lowest BCUT2D eigenvalue weighted by Gasteiger charge is -2.26. The fourth-order valence-electron chi connectivity index (χ4n) is 4.62. The number of aliphatic hydroxyl groups excluding tert-OH is 1. The molecule has 1 fully saturated rings. The molecule has 198 valence electrons. The van der Waals surface area contributed by atoms with E-state index < -0.39 is 23.7 Å². The number of methoxy groups -OCH3 is 1. The molecule has 3 aromatic carbocycles. The highest BCUT2D eigenvalue weighted by Gasteiger charge is 2.47. The zero-order valence-electron chi connectivity index (χ0n) is 22.3. The van der Waals surface area contributed by atoms with Gasteiger partial charge in [-0.05, 0) is 65.6 Å². The monoisotopic (exact) mass is 524 g/mol. The number of nitrogens with zero attached hydrogens (tertiary/aromatic N) is 2. The molecule has 0 radical (unpaired) electrons. The lowest BCUT2D eigenvalue weighted by atomic mass is 9.84. The quantitative estimate of drug-likeness (QED) is 0.156. The van der Waals surface area contributed by atoms with Gasteiger partial charge in [0.25, 0.3) is 11.7 Å². The molecular formula is C31H28N2O6. The molecule has 1 saturated heterocycles. The second-order valence-electron chi connectivity index (χ2n) is 10.2. The van der Waals surface area contributed by atoms with E-state index in [0.29, 0.717) is 28.1 Å². The minimum Gasteiger partial charge on any atom is -0.507 e. The van der Waals surface area contributed by atoms with Gasteiger partial charge in [0.15, 0.2) is 0 Å². The molecule has 1 N–H and O–H groups in total. The number of hydrogen-bond donors (Lipinski definition) is 1. The Hall–Kier alpha value is -4.90. The van der Waals surface area contributed by atoms with Gasteiger partial charge in [-0.1, -0.05) is 32.9 Å². The highest BCUT2D eigenvalue weighted by molar-refractivity contribution is 6.51. The number of ether oxygens (including phenoxy) is 2. The van der Waals surface area contributed by atoms with Gasteiger partial charge in [-0.3, -0.25) is 19.3 Å². The van der Waals surface area contributed by atoms with Gasteiger partial charge in [-0.15, -0.1) is 0 Å². The molecule has 0 bridgehead atoms.